The van der Waals surface area contributed by atoms with Crippen molar-refractivity contribution in [2.45, 2.75) is 6.18 Å². The van der Waals surface area contributed by atoms with Gasteiger partial charge in [-0.1, -0.05) is 23.2 Å². The Morgan fingerprint density at radius 1 is 1.17 bits per heavy atom. The molecule has 0 aliphatic carbocycles. The standard InChI is InChI=1S/C13H9Cl2F3N2O3/c14-5-22-7-1-2-8(9(3-7)23-6-15)11-12(21)20-10(4-19-11)13(16,17)18/h1-4H,5-6H2,(H,20,21). The van der Waals surface area contributed by atoms with Gasteiger partial charge < -0.3 is 14.5 Å². The molecule has 5 nitrogen and oxygen atoms in total. The number of nitrogens with one attached hydrogen (secondary N) is 1. The molecule has 2 rings (SSSR count). The van der Waals surface area contributed by atoms with E-state index in [1.807, 2.05) is 0 Å². The summed E-state index contributed by atoms with van der Waals surface area (Å²) in [4.78, 5) is 17.2. The average Bonchev–Trinajstić information content (AvgIpc) is 2.48. The molecule has 0 amide bonds. The molecular formula is C13H9Cl2F3N2O3. The molecule has 1 heterocycles. The highest BCUT2D eigenvalue weighted by atomic mass is 35.5. The van der Waals surface area contributed by atoms with E-state index in [0.717, 1.165) is 0 Å². The number of nitrogens with zero attached hydrogens (tertiary/aromatic N) is 1. The fraction of sp³-hybridized carbons (Fsp3) is 0.231. The monoisotopic (exact) mass is 368 g/mol. The fourth-order valence-corrected chi connectivity index (χ4v) is 2.01. The lowest BCUT2D eigenvalue weighted by Crippen LogP contribution is -2.19. The van der Waals surface area contributed by atoms with E-state index < -0.39 is 17.4 Å². The molecule has 0 aliphatic rings. The van der Waals surface area contributed by atoms with Gasteiger partial charge in [0.2, 0.25) is 0 Å². The van der Waals surface area contributed by atoms with Crippen LogP contribution in [0.2, 0.25) is 0 Å². The van der Waals surface area contributed by atoms with Crippen LogP contribution in [-0.4, -0.2) is 22.1 Å². The highest BCUT2D eigenvalue weighted by Crippen LogP contribution is 2.32. The summed E-state index contributed by atoms with van der Waals surface area (Å²) in [5.41, 5.74) is -2.32. The number of aromatic nitrogens is 2. The van der Waals surface area contributed by atoms with Crippen LogP contribution < -0.4 is 15.0 Å². The molecule has 0 bridgehead atoms. The molecular weight excluding hydrogens is 360 g/mol. The molecule has 1 N–H and O–H groups in total. The summed E-state index contributed by atoms with van der Waals surface area (Å²) in [5.74, 6) is 0.465. The lowest BCUT2D eigenvalue weighted by atomic mass is 10.1. The zero-order chi connectivity index (χ0) is 17.0. The topological polar surface area (TPSA) is 64.2 Å². The van der Waals surface area contributed by atoms with Crippen molar-refractivity contribution in [2.75, 3.05) is 12.1 Å². The van der Waals surface area contributed by atoms with E-state index in [1.165, 1.54) is 18.2 Å². The fourth-order valence-electron chi connectivity index (χ4n) is 1.77. The number of hydrogen-bond donors (Lipinski definition) is 1. The second-order valence-electron chi connectivity index (χ2n) is 4.14. The Hall–Kier alpha value is -1.93. The minimum absolute atomic E-state index is 0.112. The third kappa shape index (κ3) is 4.08. The Morgan fingerprint density at radius 2 is 1.87 bits per heavy atom. The maximum Gasteiger partial charge on any atom is 0.432 e. The Morgan fingerprint density at radius 3 is 2.43 bits per heavy atom. The number of benzene rings is 1. The van der Waals surface area contributed by atoms with Crippen molar-refractivity contribution in [3.8, 4) is 22.8 Å². The SMILES string of the molecule is O=c1[nH]c(C(F)(F)F)cnc1-c1ccc(OCCl)cc1OCCl. The third-order valence-electron chi connectivity index (χ3n) is 2.73. The van der Waals surface area contributed by atoms with Crippen LogP contribution in [0.5, 0.6) is 11.5 Å². The van der Waals surface area contributed by atoms with Gasteiger partial charge in [0.05, 0.1) is 6.20 Å². The van der Waals surface area contributed by atoms with Gasteiger partial charge in [-0.25, -0.2) is 4.98 Å². The van der Waals surface area contributed by atoms with E-state index in [9.17, 15) is 18.0 Å². The molecule has 23 heavy (non-hydrogen) atoms. The Balaban J connectivity index is 2.51. The Bertz CT molecular complexity index is 750. The second-order valence-corrected chi connectivity index (χ2v) is 4.57. The first-order valence-electron chi connectivity index (χ1n) is 6.05. The first-order chi connectivity index (χ1) is 10.9. The van der Waals surface area contributed by atoms with Gasteiger partial charge in [0.15, 0.2) is 12.1 Å². The smallest absolute Gasteiger partial charge is 0.432 e. The van der Waals surface area contributed by atoms with Crippen molar-refractivity contribution >= 4 is 23.2 Å². The van der Waals surface area contributed by atoms with Crippen molar-refractivity contribution in [1.82, 2.24) is 9.97 Å². The highest BCUT2D eigenvalue weighted by molar-refractivity contribution is 6.17. The number of alkyl halides is 5. The van der Waals surface area contributed by atoms with Gasteiger partial charge in [0.25, 0.3) is 5.56 Å². The molecule has 124 valence electrons. The van der Waals surface area contributed by atoms with E-state index in [-0.39, 0.29) is 29.1 Å². The molecule has 0 aliphatic heterocycles. The maximum atomic E-state index is 12.6. The van der Waals surface area contributed by atoms with Gasteiger partial charge in [-0.05, 0) is 12.1 Å². The minimum atomic E-state index is -4.70. The molecule has 0 radical (unpaired) electrons. The molecule has 0 saturated heterocycles. The summed E-state index contributed by atoms with van der Waals surface area (Å²) >= 11 is 11.0. The van der Waals surface area contributed by atoms with Gasteiger partial charge in [0, 0.05) is 11.6 Å². The molecule has 10 heteroatoms. The Kier molecular flexibility index (Phi) is 5.38. The van der Waals surface area contributed by atoms with Crippen LogP contribution in [-0.2, 0) is 6.18 Å². The first-order valence-corrected chi connectivity index (χ1v) is 7.12. The zero-order valence-electron chi connectivity index (χ0n) is 11.3. The van der Waals surface area contributed by atoms with Gasteiger partial charge >= 0.3 is 6.18 Å². The van der Waals surface area contributed by atoms with Crippen LogP contribution in [0.3, 0.4) is 0 Å². The average molecular weight is 369 g/mol. The summed E-state index contributed by atoms with van der Waals surface area (Å²) in [6.45, 7) is 0. The summed E-state index contributed by atoms with van der Waals surface area (Å²) in [5, 5.41) is 0. The second kappa shape index (κ2) is 7.10. The number of rotatable bonds is 5. The van der Waals surface area contributed by atoms with E-state index in [2.05, 4.69) is 4.98 Å². The summed E-state index contributed by atoms with van der Waals surface area (Å²) in [6.07, 6.45) is -4.16. The van der Waals surface area contributed by atoms with E-state index >= 15 is 0 Å². The lowest BCUT2D eigenvalue weighted by Gasteiger charge is -2.12. The molecule has 0 fully saturated rings. The number of ether oxygens (including phenoxy) is 2. The van der Waals surface area contributed by atoms with Crippen LogP contribution in [0.4, 0.5) is 13.2 Å². The van der Waals surface area contributed by atoms with Gasteiger partial charge in [-0.3, -0.25) is 4.79 Å². The third-order valence-corrected chi connectivity index (χ3v) is 2.95. The molecule has 0 spiro atoms. The lowest BCUT2D eigenvalue weighted by molar-refractivity contribution is -0.141. The minimum Gasteiger partial charge on any atom is -0.478 e. The van der Waals surface area contributed by atoms with Gasteiger partial charge in [0.1, 0.15) is 22.9 Å². The first kappa shape index (κ1) is 17.4. The van der Waals surface area contributed by atoms with E-state index in [4.69, 9.17) is 32.7 Å². The molecule has 2 aromatic rings. The molecule has 0 atom stereocenters. The predicted molar refractivity (Wildman–Crippen MR) is 78.0 cm³/mol. The van der Waals surface area contributed by atoms with Gasteiger partial charge in [-0.15, -0.1) is 0 Å². The maximum absolute atomic E-state index is 12.6. The van der Waals surface area contributed by atoms with Crippen LogP contribution in [0.15, 0.2) is 29.2 Å². The molecule has 1 aromatic carbocycles. The molecule has 0 saturated carbocycles. The summed E-state index contributed by atoms with van der Waals surface area (Å²) in [6, 6.07) is 3.93. The number of H-pyrrole nitrogens is 1. The van der Waals surface area contributed by atoms with Crippen molar-refractivity contribution < 1.29 is 22.6 Å². The number of hydrogen-bond acceptors (Lipinski definition) is 4. The Labute approximate surface area is 138 Å². The van der Waals surface area contributed by atoms with E-state index in [1.54, 1.807) is 4.98 Å². The number of halogens is 5. The van der Waals surface area contributed by atoms with Crippen LogP contribution in [0, 0.1) is 0 Å². The van der Waals surface area contributed by atoms with Gasteiger partial charge in [-0.2, -0.15) is 13.2 Å². The summed E-state index contributed by atoms with van der Waals surface area (Å²) in [7, 11) is 0. The van der Waals surface area contributed by atoms with Crippen LogP contribution in [0.1, 0.15) is 5.69 Å². The largest absolute Gasteiger partial charge is 0.478 e. The van der Waals surface area contributed by atoms with Crippen LogP contribution in [0.25, 0.3) is 11.3 Å². The molecule has 0 unspecified atom stereocenters. The molecule has 1 aromatic heterocycles. The zero-order valence-corrected chi connectivity index (χ0v) is 12.8. The summed E-state index contributed by atoms with van der Waals surface area (Å²) < 4.78 is 47.9. The number of aromatic amines is 1. The van der Waals surface area contributed by atoms with Crippen molar-refractivity contribution in [3.63, 3.8) is 0 Å². The normalized spacial score (nSPS) is 11.3. The quantitative estimate of drug-likeness (QED) is 0.818. The predicted octanol–water partition coefficient (Wildman–Crippen LogP) is 3.61. The van der Waals surface area contributed by atoms with Crippen molar-refractivity contribution in [1.29, 1.82) is 0 Å². The van der Waals surface area contributed by atoms with Crippen molar-refractivity contribution in [3.05, 3.63) is 40.4 Å². The van der Waals surface area contributed by atoms with Crippen molar-refractivity contribution in [2.24, 2.45) is 0 Å². The highest BCUT2D eigenvalue weighted by Gasteiger charge is 2.32. The van der Waals surface area contributed by atoms with Crippen LogP contribution >= 0.6 is 23.2 Å². The van der Waals surface area contributed by atoms with E-state index in [0.29, 0.717) is 11.9 Å².